The van der Waals surface area contributed by atoms with E-state index in [2.05, 4.69) is 23.2 Å². The molecular formula is C12H23N5S. The fourth-order valence-corrected chi connectivity index (χ4v) is 2.63. The van der Waals surface area contributed by atoms with Gasteiger partial charge in [0.1, 0.15) is 11.7 Å². The Morgan fingerprint density at radius 2 is 2.22 bits per heavy atom. The molecule has 0 aliphatic heterocycles. The lowest BCUT2D eigenvalue weighted by molar-refractivity contribution is 0.633. The maximum Gasteiger partial charge on any atom is 0.137 e. The number of nitrogens with one attached hydrogen (secondary N) is 1. The van der Waals surface area contributed by atoms with Crippen LogP contribution in [0.1, 0.15) is 24.6 Å². The largest absolute Gasteiger partial charge is 0.384 e. The van der Waals surface area contributed by atoms with Gasteiger partial charge in [0.2, 0.25) is 0 Å². The third-order valence-electron chi connectivity index (χ3n) is 3.20. The van der Waals surface area contributed by atoms with Crippen molar-refractivity contribution in [3.8, 4) is 0 Å². The van der Waals surface area contributed by atoms with Crippen molar-refractivity contribution >= 4 is 23.4 Å². The summed E-state index contributed by atoms with van der Waals surface area (Å²) >= 11 is 1.85. The number of thioether (sulfide) groups is 1. The van der Waals surface area contributed by atoms with Crippen molar-refractivity contribution < 1.29 is 0 Å². The van der Waals surface area contributed by atoms with Crippen LogP contribution in [0.4, 0.5) is 5.82 Å². The van der Waals surface area contributed by atoms with Crippen molar-refractivity contribution in [2.45, 2.75) is 26.3 Å². The molecule has 0 aromatic carbocycles. The van der Waals surface area contributed by atoms with Crippen molar-refractivity contribution in [1.29, 1.82) is 5.41 Å². The van der Waals surface area contributed by atoms with Crippen LogP contribution in [0.15, 0.2) is 0 Å². The van der Waals surface area contributed by atoms with E-state index in [1.807, 2.05) is 37.5 Å². The van der Waals surface area contributed by atoms with Gasteiger partial charge in [-0.05, 0) is 32.3 Å². The highest BCUT2D eigenvalue weighted by Crippen LogP contribution is 2.24. The molecule has 5 nitrogen and oxygen atoms in total. The van der Waals surface area contributed by atoms with Crippen LogP contribution in [0.3, 0.4) is 0 Å². The second-order valence-electron chi connectivity index (χ2n) is 4.56. The Morgan fingerprint density at radius 3 is 2.72 bits per heavy atom. The number of aryl methyl sites for hydroxylation is 2. The van der Waals surface area contributed by atoms with Crippen LogP contribution in [0, 0.1) is 12.3 Å². The molecule has 0 fully saturated rings. The Bertz CT molecular complexity index is 426. The van der Waals surface area contributed by atoms with Crippen LogP contribution in [0.5, 0.6) is 0 Å². The van der Waals surface area contributed by atoms with Gasteiger partial charge in [0.05, 0.1) is 11.3 Å². The summed E-state index contributed by atoms with van der Waals surface area (Å²) in [5.74, 6) is 2.13. The summed E-state index contributed by atoms with van der Waals surface area (Å²) in [5.41, 5.74) is 7.22. The van der Waals surface area contributed by atoms with E-state index < -0.39 is 0 Å². The van der Waals surface area contributed by atoms with Crippen LogP contribution >= 0.6 is 11.8 Å². The molecule has 0 aliphatic rings. The summed E-state index contributed by atoms with van der Waals surface area (Å²) in [7, 11) is 3.93. The Kier molecular flexibility index (Phi) is 5.07. The molecule has 0 saturated carbocycles. The highest BCUT2D eigenvalue weighted by molar-refractivity contribution is 7.98. The highest BCUT2D eigenvalue weighted by Gasteiger charge is 2.21. The molecule has 1 atom stereocenters. The first-order valence-corrected chi connectivity index (χ1v) is 7.39. The summed E-state index contributed by atoms with van der Waals surface area (Å²) < 4.78 is 1.81. The van der Waals surface area contributed by atoms with Gasteiger partial charge in [0, 0.05) is 20.1 Å². The molecule has 18 heavy (non-hydrogen) atoms. The fourth-order valence-electron chi connectivity index (χ4n) is 2.06. The highest BCUT2D eigenvalue weighted by atomic mass is 32.2. The second-order valence-corrected chi connectivity index (χ2v) is 5.55. The monoisotopic (exact) mass is 269 g/mol. The van der Waals surface area contributed by atoms with E-state index in [4.69, 9.17) is 11.1 Å². The first kappa shape index (κ1) is 14.9. The number of nitrogens with zero attached hydrogens (tertiary/aromatic N) is 3. The molecule has 1 aromatic heterocycles. The number of anilines is 1. The number of rotatable bonds is 6. The van der Waals surface area contributed by atoms with Crippen molar-refractivity contribution in [3.05, 3.63) is 11.3 Å². The lowest BCUT2D eigenvalue weighted by Gasteiger charge is -2.27. The zero-order chi connectivity index (χ0) is 13.9. The molecular weight excluding hydrogens is 246 g/mol. The molecule has 0 aliphatic carbocycles. The fraction of sp³-hybridized carbons (Fsp3) is 0.667. The molecule has 1 unspecified atom stereocenters. The minimum absolute atomic E-state index is 0.0829. The predicted octanol–water partition coefficient (Wildman–Crippen LogP) is 1.59. The summed E-state index contributed by atoms with van der Waals surface area (Å²) in [6.07, 6.45) is 3.21. The Hall–Kier alpha value is -1.17. The third-order valence-corrected chi connectivity index (χ3v) is 3.84. The summed E-state index contributed by atoms with van der Waals surface area (Å²) in [4.78, 5) is 2.16. The first-order valence-electron chi connectivity index (χ1n) is 5.99. The van der Waals surface area contributed by atoms with E-state index >= 15 is 0 Å². The molecule has 3 N–H and O–H groups in total. The molecule has 1 aromatic rings. The molecule has 0 saturated heterocycles. The first-order chi connectivity index (χ1) is 8.40. The molecule has 0 bridgehead atoms. The summed E-state index contributed by atoms with van der Waals surface area (Å²) in [6, 6.07) is 0.394. The van der Waals surface area contributed by atoms with Gasteiger partial charge in [-0.3, -0.25) is 10.1 Å². The molecule has 6 heteroatoms. The van der Waals surface area contributed by atoms with Gasteiger partial charge in [-0.25, -0.2) is 0 Å². The van der Waals surface area contributed by atoms with E-state index in [0.29, 0.717) is 6.04 Å². The third kappa shape index (κ3) is 2.98. The van der Waals surface area contributed by atoms with Gasteiger partial charge in [0.15, 0.2) is 0 Å². The Labute approximate surface area is 113 Å². The molecule has 102 valence electrons. The molecule has 0 spiro atoms. The van der Waals surface area contributed by atoms with Gasteiger partial charge in [0.25, 0.3) is 0 Å². The molecule has 0 radical (unpaired) electrons. The minimum Gasteiger partial charge on any atom is -0.384 e. The normalized spacial score (nSPS) is 12.5. The summed E-state index contributed by atoms with van der Waals surface area (Å²) in [5, 5.41) is 12.1. The quantitative estimate of drug-likeness (QED) is 0.608. The SMILES string of the molecule is CSCCC(C)N(C)c1c(C(=N)N)c(C)nn1C. The number of nitrogen functional groups attached to an aromatic ring is 1. The maximum atomic E-state index is 7.70. The average molecular weight is 269 g/mol. The van der Waals surface area contributed by atoms with Crippen molar-refractivity contribution in [1.82, 2.24) is 9.78 Å². The molecule has 1 heterocycles. The Balaban J connectivity index is 3.04. The van der Waals surface area contributed by atoms with E-state index in [9.17, 15) is 0 Å². The van der Waals surface area contributed by atoms with Gasteiger partial charge in [-0.15, -0.1) is 0 Å². The summed E-state index contributed by atoms with van der Waals surface area (Å²) in [6.45, 7) is 4.07. The van der Waals surface area contributed by atoms with Crippen molar-refractivity contribution in [2.24, 2.45) is 12.8 Å². The van der Waals surface area contributed by atoms with Crippen LogP contribution in [-0.2, 0) is 7.05 Å². The molecule has 1 rings (SSSR count). The standard InChI is InChI=1S/C12H23N5S/c1-8(6-7-18-5)16(3)12-10(11(13)14)9(2)15-17(12)4/h8H,6-7H2,1-5H3,(H3,13,14). The second kappa shape index (κ2) is 6.13. The lowest BCUT2D eigenvalue weighted by atomic mass is 10.1. The minimum atomic E-state index is 0.0829. The number of hydrogen-bond acceptors (Lipinski definition) is 4. The smallest absolute Gasteiger partial charge is 0.137 e. The van der Waals surface area contributed by atoms with E-state index in [0.717, 1.165) is 29.2 Å². The van der Waals surface area contributed by atoms with Crippen LogP contribution in [0.25, 0.3) is 0 Å². The molecule has 0 amide bonds. The topological polar surface area (TPSA) is 70.9 Å². The van der Waals surface area contributed by atoms with Gasteiger partial charge in [-0.2, -0.15) is 16.9 Å². The van der Waals surface area contributed by atoms with Crippen molar-refractivity contribution in [2.75, 3.05) is 24.0 Å². The van der Waals surface area contributed by atoms with Gasteiger partial charge >= 0.3 is 0 Å². The van der Waals surface area contributed by atoms with Crippen LogP contribution < -0.4 is 10.6 Å². The average Bonchev–Trinajstić information content (AvgIpc) is 2.60. The zero-order valence-corrected chi connectivity index (χ0v) is 12.6. The van der Waals surface area contributed by atoms with E-state index in [1.165, 1.54) is 0 Å². The lowest BCUT2D eigenvalue weighted by Crippen LogP contribution is -2.32. The van der Waals surface area contributed by atoms with Crippen LogP contribution in [0.2, 0.25) is 0 Å². The predicted molar refractivity (Wildman–Crippen MR) is 79.8 cm³/mol. The maximum absolute atomic E-state index is 7.70. The zero-order valence-electron chi connectivity index (χ0n) is 11.8. The van der Waals surface area contributed by atoms with E-state index in [1.54, 1.807) is 0 Å². The van der Waals surface area contributed by atoms with Gasteiger partial charge < -0.3 is 10.6 Å². The Morgan fingerprint density at radius 1 is 1.61 bits per heavy atom. The van der Waals surface area contributed by atoms with E-state index in [-0.39, 0.29) is 5.84 Å². The number of hydrogen-bond donors (Lipinski definition) is 2. The van der Waals surface area contributed by atoms with Gasteiger partial charge in [-0.1, -0.05) is 0 Å². The van der Waals surface area contributed by atoms with Crippen molar-refractivity contribution in [3.63, 3.8) is 0 Å². The number of aromatic nitrogens is 2. The van der Waals surface area contributed by atoms with Crippen LogP contribution in [-0.4, -0.2) is 40.7 Å². The number of nitrogens with two attached hydrogens (primary N) is 1. The number of amidine groups is 1.